The molecule has 0 bridgehead atoms. The summed E-state index contributed by atoms with van der Waals surface area (Å²) in [7, 11) is 2.81. The molecule has 212 valence electrons. The van der Waals surface area contributed by atoms with Crippen molar-refractivity contribution in [2.24, 2.45) is 11.8 Å². The molecule has 1 fully saturated rings. The first-order chi connectivity index (χ1) is 19.2. The fourth-order valence-corrected chi connectivity index (χ4v) is 5.25. The highest BCUT2D eigenvalue weighted by Gasteiger charge is 2.32. The maximum atomic E-state index is 14.8. The van der Waals surface area contributed by atoms with Gasteiger partial charge in [0.1, 0.15) is 17.4 Å². The predicted molar refractivity (Wildman–Crippen MR) is 140 cm³/mol. The van der Waals surface area contributed by atoms with E-state index in [0.717, 1.165) is 12.3 Å². The molecule has 1 unspecified atom stereocenters. The fraction of sp³-hybridized carbons (Fsp3) is 0.400. The quantitative estimate of drug-likeness (QED) is 0.178. The van der Waals surface area contributed by atoms with E-state index in [-0.39, 0.29) is 48.3 Å². The minimum atomic E-state index is -1.30. The number of aliphatic hydroxyl groups is 1. The molecule has 10 heteroatoms. The van der Waals surface area contributed by atoms with E-state index in [1.54, 1.807) is 18.2 Å². The number of carbonyl (C=O) groups is 1. The lowest BCUT2D eigenvalue weighted by Gasteiger charge is -2.38. The number of benzene rings is 2. The predicted octanol–water partition coefficient (Wildman–Crippen LogP) is 5.17. The van der Waals surface area contributed by atoms with Crippen molar-refractivity contribution < 1.29 is 36.9 Å². The van der Waals surface area contributed by atoms with Crippen LogP contribution < -0.4 is 4.74 Å². The van der Waals surface area contributed by atoms with Gasteiger partial charge < -0.3 is 14.6 Å². The zero-order valence-corrected chi connectivity index (χ0v) is 22.2. The molecule has 0 radical (unpaired) electrons. The van der Waals surface area contributed by atoms with Gasteiger partial charge in [-0.25, -0.2) is 17.6 Å². The number of ether oxygens (including phenoxy) is 2. The summed E-state index contributed by atoms with van der Waals surface area (Å²) in [4.78, 5) is 18.2. The topological polar surface area (TPSA) is 71.9 Å². The third-order valence-corrected chi connectivity index (χ3v) is 7.36. The third kappa shape index (κ3) is 6.90. The van der Waals surface area contributed by atoms with E-state index in [2.05, 4.69) is 16.8 Å². The zero-order valence-electron chi connectivity index (χ0n) is 22.2. The number of pyridine rings is 1. The number of rotatable bonds is 8. The maximum Gasteiger partial charge on any atom is 0.305 e. The van der Waals surface area contributed by atoms with Crippen LogP contribution >= 0.6 is 0 Å². The molecule has 2 aromatic carbocycles. The van der Waals surface area contributed by atoms with Crippen molar-refractivity contribution in [2.75, 3.05) is 33.9 Å². The highest BCUT2D eigenvalue weighted by Crippen LogP contribution is 2.35. The van der Waals surface area contributed by atoms with Crippen LogP contribution in [0.1, 0.15) is 42.9 Å². The van der Waals surface area contributed by atoms with Gasteiger partial charge in [-0.1, -0.05) is 11.8 Å². The lowest BCUT2D eigenvalue weighted by molar-refractivity contribution is -0.142. The molecule has 0 amide bonds. The zero-order chi connectivity index (χ0) is 28.8. The van der Waals surface area contributed by atoms with E-state index in [0.29, 0.717) is 48.6 Å². The van der Waals surface area contributed by atoms with Crippen molar-refractivity contribution >= 4 is 16.9 Å². The molecule has 0 aliphatic carbocycles. The number of aromatic nitrogens is 1. The number of carbonyl (C=O) groups excluding carboxylic acids is 1. The van der Waals surface area contributed by atoms with E-state index in [1.165, 1.54) is 14.2 Å². The van der Waals surface area contributed by atoms with Gasteiger partial charge in [0, 0.05) is 30.0 Å². The Morgan fingerprint density at radius 2 is 1.95 bits per heavy atom. The molecule has 1 aromatic heterocycles. The molecule has 40 heavy (non-hydrogen) atoms. The minimum Gasteiger partial charge on any atom is -0.497 e. The Labute approximate surface area is 229 Å². The van der Waals surface area contributed by atoms with Crippen LogP contribution in [0, 0.1) is 46.9 Å². The molecule has 1 saturated heterocycles. The van der Waals surface area contributed by atoms with Crippen LogP contribution in [0.4, 0.5) is 17.6 Å². The number of aliphatic hydroxyl groups excluding tert-OH is 1. The molecule has 3 atom stereocenters. The average Bonchev–Trinajstić information content (AvgIpc) is 2.94. The van der Waals surface area contributed by atoms with Gasteiger partial charge in [0.15, 0.2) is 11.6 Å². The number of fused-ring (bicyclic) bond motifs is 1. The highest BCUT2D eigenvalue weighted by atomic mass is 19.2. The SMILES string of the molecule is COC(=O)C[C@@H]1CN(CC#Cc2cc(F)cc(F)c2F)CCC1CC[C@@H](O)c1c(F)cnc2ccc(OC)cc12. The first-order valence-corrected chi connectivity index (χ1v) is 12.9. The Morgan fingerprint density at radius 1 is 1.15 bits per heavy atom. The molecule has 2 heterocycles. The maximum absolute atomic E-state index is 14.8. The van der Waals surface area contributed by atoms with Gasteiger partial charge in [0.2, 0.25) is 0 Å². The minimum absolute atomic E-state index is 0.0402. The van der Waals surface area contributed by atoms with E-state index in [4.69, 9.17) is 9.47 Å². The van der Waals surface area contributed by atoms with E-state index in [9.17, 15) is 27.5 Å². The number of likely N-dealkylation sites (tertiary alicyclic amines) is 1. The first kappa shape index (κ1) is 29.3. The van der Waals surface area contributed by atoms with Gasteiger partial charge in [-0.05, 0) is 61.9 Å². The summed E-state index contributed by atoms with van der Waals surface area (Å²) in [5.41, 5.74) is 0.332. The summed E-state index contributed by atoms with van der Waals surface area (Å²) in [5, 5.41) is 11.5. The number of nitrogens with zero attached hydrogens (tertiary/aromatic N) is 2. The second-order valence-electron chi connectivity index (χ2n) is 9.87. The van der Waals surface area contributed by atoms with Gasteiger partial charge in [-0.3, -0.25) is 14.7 Å². The van der Waals surface area contributed by atoms with Gasteiger partial charge in [0.25, 0.3) is 0 Å². The molecule has 1 aliphatic rings. The van der Waals surface area contributed by atoms with Crippen LogP contribution in [-0.2, 0) is 9.53 Å². The van der Waals surface area contributed by atoms with Crippen molar-refractivity contribution in [3.8, 4) is 17.6 Å². The molecule has 3 aromatic rings. The molecule has 0 spiro atoms. The summed E-state index contributed by atoms with van der Waals surface area (Å²) >= 11 is 0. The highest BCUT2D eigenvalue weighted by molar-refractivity contribution is 5.84. The van der Waals surface area contributed by atoms with Gasteiger partial charge in [-0.2, -0.15) is 0 Å². The number of halogens is 4. The van der Waals surface area contributed by atoms with Crippen molar-refractivity contribution in [3.05, 3.63) is 70.9 Å². The van der Waals surface area contributed by atoms with Gasteiger partial charge in [-0.15, -0.1) is 0 Å². The van der Waals surface area contributed by atoms with Gasteiger partial charge in [0.05, 0.1) is 44.1 Å². The van der Waals surface area contributed by atoms with E-state index < -0.39 is 29.4 Å². The summed E-state index contributed by atoms with van der Waals surface area (Å²) < 4.78 is 65.7. The third-order valence-electron chi connectivity index (χ3n) is 7.36. The second kappa shape index (κ2) is 13.1. The lowest BCUT2D eigenvalue weighted by Crippen LogP contribution is -2.41. The van der Waals surface area contributed by atoms with Crippen molar-refractivity contribution in [1.29, 1.82) is 0 Å². The number of hydrogen-bond donors (Lipinski definition) is 1. The smallest absolute Gasteiger partial charge is 0.305 e. The van der Waals surface area contributed by atoms with Gasteiger partial charge >= 0.3 is 5.97 Å². The summed E-state index contributed by atoms with van der Waals surface area (Å²) in [5.74, 6) is 1.28. The normalized spacial score (nSPS) is 18.2. The lowest BCUT2D eigenvalue weighted by atomic mass is 9.79. The average molecular weight is 559 g/mol. The fourth-order valence-electron chi connectivity index (χ4n) is 5.25. The second-order valence-corrected chi connectivity index (χ2v) is 9.87. The van der Waals surface area contributed by atoms with Crippen molar-refractivity contribution in [3.63, 3.8) is 0 Å². The molecule has 1 aliphatic heterocycles. The van der Waals surface area contributed by atoms with Crippen molar-refractivity contribution in [1.82, 2.24) is 9.88 Å². The Hall–Kier alpha value is -3.68. The Balaban J connectivity index is 1.44. The van der Waals surface area contributed by atoms with Crippen LogP contribution in [0.5, 0.6) is 5.75 Å². The Morgan fingerprint density at radius 3 is 2.70 bits per heavy atom. The van der Waals surface area contributed by atoms with Crippen LogP contribution in [0.3, 0.4) is 0 Å². The Bertz CT molecular complexity index is 1440. The first-order valence-electron chi connectivity index (χ1n) is 12.9. The van der Waals surface area contributed by atoms with Crippen molar-refractivity contribution in [2.45, 2.75) is 31.8 Å². The Kier molecular flexibility index (Phi) is 9.61. The molecule has 6 nitrogen and oxygen atoms in total. The number of piperidine rings is 1. The monoisotopic (exact) mass is 558 g/mol. The molecular formula is C30H30F4N2O4. The number of methoxy groups -OCH3 is 2. The summed E-state index contributed by atoms with van der Waals surface area (Å²) in [6.45, 7) is 1.30. The standard InChI is InChI=1S/C30H30F4N2O4/c1-39-22-6-7-26-23(15-22)29(25(33)16-35-26)27(37)8-5-18-9-11-36(17-20(18)13-28(38)40-2)10-3-4-19-12-21(31)14-24(32)30(19)34/h6-7,12,14-16,18,20,27,37H,5,8-11,13,17H2,1-2H3/t18?,20-,27-/m1/s1. The van der Waals surface area contributed by atoms with Crippen LogP contribution in [0.2, 0.25) is 0 Å². The van der Waals surface area contributed by atoms with E-state index in [1.807, 2.05) is 4.90 Å². The summed E-state index contributed by atoms with van der Waals surface area (Å²) in [6, 6.07) is 6.36. The molecular weight excluding hydrogens is 528 g/mol. The molecule has 1 N–H and O–H groups in total. The molecule has 4 rings (SSSR count). The largest absolute Gasteiger partial charge is 0.497 e. The molecule has 0 saturated carbocycles. The van der Waals surface area contributed by atoms with E-state index >= 15 is 0 Å². The number of hydrogen-bond acceptors (Lipinski definition) is 6. The number of esters is 1. The van der Waals surface area contributed by atoms with Crippen LogP contribution in [-0.4, -0.2) is 54.8 Å². The van der Waals surface area contributed by atoms with Crippen LogP contribution in [0.15, 0.2) is 36.5 Å². The summed E-state index contributed by atoms with van der Waals surface area (Å²) in [6.07, 6.45) is 1.61. The van der Waals surface area contributed by atoms with Crippen LogP contribution in [0.25, 0.3) is 10.9 Å².